The summed E-state index contributed by atoms with van der Waals surface area (Å²) in [4.78, 5) is 5.57. The Balaban J connectivity index is 1.03. The molecule has 0 aromatic heterocycles. The minimum Gasteiger partial charge on any atom is -0.311 e. The zero-order chi connectivity index (χ0) is 44.1. The van der Waals surface area contributed by atoms with Crippen molar-refractivity contribution in [1.82, 2.24) is 0 Å². The highest BCUT2D eigenvalue weighted by Gasteiger charge is 2.55. The minimum atomic E-state index is 0.165. The lowest BCUT2D eigenvalue weighted by atomic mass is 9.32. The van der Waals surface area contributed by atoms with Gasteiger partial charge in [0.15, 0.2) is 0 Å². The van der Waals surface area contributed by atoms with Gasteiger partial charge in [0.1, 0.15) is 0 Å². The van der Waals surface area contributed by atoms with Crippen LogP contribution in [0.4, 0.5) is 34.1 Å². The zero-order valence-corrected chi connectivity index (χ0v) is 40.8. The average Bonchev–Trinajstić information content (AvgIpc) is 3.31. The highest BCUT2D eigenvalue weighted by molar-refractivity contribution is 7.00. The summed E-state index contributed by atoms with van der Waals surface area (Å²) >= 11 is 0. The van der Waals surface area contributed by atoms with E-state index in [-0.39, 0.29) is 39.2 Å². The van der Waals surface area contributed by atoms with E-state index in [0.717, 1.165) is 0 Å². The summed E-state index contributed by atoms with van der Waals surface area (Å²) in [5, 5.41) is 0. The second-order valence-corrected chi connectivity index (χ2v) is 26.7. The van der Waals surface area contributed by atoms with Gasteiger partial charge in [-0.1, -0.05) is 85.7 Å². The molecule has 0 spiro atoms. The van der Waals surface area contributed by atoms with Gasteiger partial charge in [-0.2, -0.15) is 0 Å². The normalized spacial score (nSPS) is 37.9. The van der Waals surface area contributed by atoms with E-state index in [4.69, 9.17) is 0 Å². The quantitative estimate of drug-likeness (QED) is 0.160. The molecule has 19 rings (SSSR count). The van der Waals surface area contributed by atoms with Gasteiger partial charge in [0.05, 0.1) is 0 Å². The zero-order valence-electron chi connectivity index (χ0n) is 40.8. The fourth-order valence-electron chi connectivity index (χ4n) is 17.5. The first-order valence-corrected chi connectivity index (χ1v) is 26.4. The van der Waals surface area contributed by atoms with Crippen molar-refractivity contribution in [2.24, 2.45) is 0 Å². The van der Waals surface area contributed by atoms with Gasteiger partial charge in [-0.3, -0.25) is 0 Å². The summed E-state index contributed by atoms with van der Waals surface area (Å²) in [5.74, 6) is 0. The second kappa shape index (κ2) is 11.7. The number of hydrogen-bond donors (Lipinski definition) is 0. The van der Waals surface area contributed by atoms with Crippen molar-refractivity contribution in [2.75, 3.05) is 9.80 Å². The highest BCUT2D eigenvalue weighted by Crippen LogP contribution is 2.62. The SMILES string of the molecule is CC12CCC(C)(CC1)c1cc(N3c4cc5c(cc4B4c6cc7c(cc6N(c6ccc8c(c6)C6(C)CCC8(C)CC6)c6cccc3c64)C3(C)CCC7(C)CC3)C3(C)CCC5(C)CC3)ccc12. The predicted molar refractivity (Wildman–Crippen MR) is 273 cm³/mol. The maximum absolute atomic E-state index is 2.81. The molecule has 0 amide bonds. The first-order chi connectivity index (χ1) is 31.0. The standard InChI is InChI=1S/C62H69BN2/c1-55-16-20-57(3,21-17-55)42-32-38(12-14-40(42)55)64-50-10-9-11-51-54(50)63(48-34-44-46(36-52(48)64)61(7)28-24-59(44,5)25-29-61)49-35-45-47(62(8)30-26-60(45,6)27-31-62)37-53(49)65(51)39-13-15-41-43(33-39)58(4)22-18-56(41,2)19-23-58/h9-15,32-37H,16-31H2,1-8H3. The molecule has 12 aliphatic carbocycles. The molecule has 2 aliphatic heterocycles. The Kier molecular flexibility index (Phi) is 6.99. The maximum atomic E-state index is 2.81. The number of hydrogen-bond acceptors (Lipinski definition) is 2. The summed E-state index contributed by atoms with van der Waals surface area (Å²) in [7, 11) is 0. The Hall–Kier alpha value is -4.24. The van der Waals surface area contributed by atoms with E-state index >= 15 is 0 Å². The second-order valence-electron chi connectivity index (χ2n) is 26.7. The Morgan fingerprint density at radius 1 is 0.308 bits per heavy atom. The molecule has 4 saturated carbocycles. The van der Waals surface area contributed by atoms with E-state index < -0.39 is 0 Å². The molecule has 0 atom stereocenters. The molecule has 4 fully saturated rings. The third-order valence-corrected chi connectivity index (χ3v) is 22.8. The lowest BCUT2D eigenvalue weighted by Gasteiger charge is -2.55. The van der Waals surface area contributed by atoms with Crippen molar-refractivity contribution < 1.29 is 0 Å². The highest BCUT2D eigenvalue weighted by atomic mass is 15.2. The molecule has 330 valence electrons. The Bertz CT molecular complexity index is 2790. The number of nitrogens with zero attached hydrogens (tertiary/aromatic N) is 2. The van der Waals surface area contributed by atoms with E-state index in [1.807, 2.05) is 0 Å². The largest absolute Gasteiger partial charge is 0.311 e. The Labute approximate surface area is 390 Å². The van der Waals surface area contributed by atoms with Crippen LogP contribution in [0.3, 0.4) is 0 Å². The third kappa shape index (κ3) is 4.62. The molecular formula is C62H69BN2. The van der Waals surface area contributed by atoms with Gasteiger partial charge in [-0.25, -0.2) is 0 Å². The van der Waals surface area contributed by atoms with Crippen LogP contribution in [0.25, 0.3) is 0 Å². The van der Waals surface area contributed by atoms with E-state index in [0.29, 0.717) is 10.8 Å². The molecule has 0 unspecified atom stereocenters. The lowest BCUT2D eigenvalue weighted by molar-refractivity contribution is 0.188. The summed E-state index contributed by atoms with van der Waals surface area (Å²) < 4.78 is 0. The fourth-order valence-corrected chi connectivity index (χ4v) is 17.5. The molecule has 65 heavy (non-hydrogen) atoms. The molecule has 0 saturated heterocycles. The fraction of sp³-hybridized carbons (Fsp3) is 0.516. The van der Waals surface area contributed by atoms with Crippen molar-refractivity contribution in [3.05, 3.63) is 123 Å². The number of fused-ring (bicyclic) bond motifs is 12. The first kappa shape index (κ1) is 38.8. The van der Waals surface area contributed by atoms with Crippen LogP contribution >= 0.6 is 0 Å². The molecule has 14 aliphatic rings. The van der Waals surface area contributed by atoms with Gasteiger partial charge < -0.3 is 9.80 Å². The summed E-state index contributed by atoms with van der Waals surface area (Å²) in [6, 6.07) is 34.2. The van der Waals surface area contributed by atoms with Gasteiger partial charge >= 0.3 is 0 Å². The van der Waals surface area contributed by atoms with Gasteiger partial charge in [-0.05, 0) is 255 Å². The van der Waals surface area contributed by atoms with Crippen molar-refractivity contribution >= 4 is 57.2 Å². The molecule has 0 radical (unpaired) electrons. The molecular weight excluding hydrogens is 784 g/mol. The van der Waals surface area contributed by atoms with Crippen LogP contribution in [-0.4, -0.2) is 6.71 Å². The van der Waals surface area contributed by atoms with Gasteiger partial charge in [0.2, 0.25) is 0 Å². The van der Waals surface area contributed by atoms with Crippen LogP contribution in [0.15, 0.2) is 78.9 Å². The molecule has 3 heteroatoms. The molecule has 5 aromatic rings. The van der Waals surface area contributed by atoms with Crippen molar-refractivity contribution in [1.29, 1.82) is 0 Å². The molecule has 2 heterocycles. The van der Waals surface area contributed by atoms with Crippen LogP contribution in [0, 0.1) is 0 Å². The Morgan fingerprint density at radius 3 is 0.908 bits per heavy atom. The van der Waals surface area contributed by atoms with Crippen molar-refractivity contribution in [3.63, 3.8) is 0 Å². The number of anilines is 6. The van der Waals surface area contributed by atoms with E-state index in [2.05, 4.69) is 144 Å². The van der Waals surface area contributed by atoms with Crippen LogP contribution < -0.4 is 26.2 Å². The van der Waals surface area contributed by atoms with Crippen molar-refractivity contribution in [3.8, 4) is 0 Å². The number of benzene rings is 5. The summed E-state index contributed by atoms with van der Waals surface area (Å²) in [5.41, 5.74) is 28.1. The van der Waals surface area contributed by atoms with Gasteiger partial charge in [-0.15, -0.1) is 0 Å². The van der Waals surface area contributed by atoms with Crippen LogP contribution in [-0.2, 0) is 43.3 Å². The smallest absolute Gasteiger partial charge is 0.252 e. The predicted octanol–water partition coefficient (Wildman–Crippen LogP) is 14.2. The minimum absolute atomic E-state index is 0.165. The summed E-state index contributed by atoms with van der Waals surface area (Å²) in [6.07, 6.45) is 20.9. The Morgan fingerprint density at radius 2 is 0.585 bits per heavy atom. The lowest BCUT2D eigenvalue weighted by Crippen LogP contribution is -2.62. The maximum Gasteiger partial charge on any atom is 0.252 e. The monoisotopic (exact) mass is 853 g/mol. The topological polar surface area (TPSA) is 6.48 Å². The third-order valence-electron chi connectivity index (χ3n) is 22.8. The molecule has 5 aromatic carbocycles. The van der Waals surface area contributed by atoms with E-state index in [9.17, 15) is 0 Å². The van der Waals surface area contributed by atoms with E-state index in [1.165, 1.54) is 142 Å². The molecule has 8 bridgehead atoms. The molecule has 0 N–H and O–H groups in total. The van der Waals surface area contributed by atoms with Gasteiger partial charge in [0.25, 0.3) is 6.71 Å². The first-order valence-electron chi connectivity index (χ1n) is 26.4. The van der Waals surface area contributed by atoms with Crippen LogP contribution in [0.1, 0.15) is 203 Å². The summed E-state index contributed by atoms with van der Waals surface area (Å²) in [6.45, 7) is 20.9. The van der Waals surface area contributed by atoms with Gasteiger partial charge in [0, 0.05) is 34.1 Å². The average molecular weight is 853 g/mol. The van der Waals surface area contributed by atoms with E-state index in [1.54, 1.807) is 55.4 Å². The van der Waals surface area contributed by atoms with Crippen molar-refractivity contribution in [2.45, 2.75) is 201 Å². The van der Waals surface area contributed by atoms with Crippen LogP contribution in [0.2, 0.25) is 0 Å². The van der Waals surface area contributed by atoms with Crippen LogP contribution in [0.5, 0.6) is 0 Å². The number of rotatable bonds is 2. The molecule has 2 nitrogen and oxygen atoms in total.